The minimum Gasteiger partial charge on any atom is -0.484 e. The molecule has 5 nitrogen and oxygen atoms in total. The molecule has 1 aromatic rings. The number of aryl methyl sites for hydroxylation is 1. The Balaban J connectivity index is 2.74. The van der Waals surface area contributed by atoms with Crippen LogP contribution in [-0.2, 0) is 6.54 Å². The van der Waals surface area contributed by atoms with Crippen molar-refractivity contribution in [3.8, 4) is 5.75 Å². The number of aliphatic hydroxyl groups is 1. The maximum atomic E-state index is 12.3. The number of hydrogen-bond donors (Lipinski definition) is 2. The molecule has 0 aromatic heterocycles. The van der Waals surface area contributed by atoms with Crippen LogP contribution in [0.15, 0.2) is 18.2 Å². The summed E-state index contributed by atoms with van der Waals surface area (Å²) in [7, 11) is 1.52. The third-order valence-corrected chi connectivity index (χ3v) is 3.29. The van der Waals surface area contributed by atoms with Gasteiger partial charge >= 0.3 is 12.2 Å². The first-order chi connectivity index (χ1) is 10.6. The standard InChI is InChI=1S/C15H21F3N2O3/c1-10-4-5-12(13(6-10)23-9-15(16,17)18)7-19-14(22)20(3)11(2)8-21/h4-6,11,21H,7-9H2,1-3H3,(H,19,22). The topological polar surface area (TPSA) is 61.8 Å². The van der Waals surface area contributed by atoms with E-state index in [4.69, 9.17) is 9.84 Å². The number of alkyl halides is 3. The van der Waals surface area contributed by atoms with Crippen molar-refractivity contribution in [2.24, 2.45) is 0 Å². The molecule has 0 heterocycles. The van der Waals surface area contributed by atoms with E-state index in [-0.39, 0.29) is 24.9 Å². The Morgan fingerprint density at radius 3 is 2.65 bits per heavy atom. The van der Waals surface area contributed by atoms with Crippen molar-refractivity contribution < 1.29 is 27.8 Å². The molecule has 1 unspecified atom stereocenters. The second-order valence-corrected chi connectivity index (χ2v) is 5.32. The highest BCUT2D eigenvalue weighted by Crippen LogP contribution is 2.23. The van der Waals surface area contributed by atoms with Gasteiger partial charge in [-0.3, -0.25) is 0 Å². The van der Waals surface area contributed by atoms with Crippen LogP contribution in [0, 0.1) is 6.92 Å². The Kier molecular flexibility index (Phi) is 6.68. The number of aliphatic hydroxyl groups excluding tert-OH is 1. The second kappa shape index (κ2) is 8.05. The second-order valence-electron chi connectivity index (χ2n) is 5.32. The largest absolute Gasteiger partial charge is 0.484 e. The van der Waals surface area contributed by atoms with E-state index in [2.05, 4.69) is 5.32 Å². The Hall–Kier alpha value is -1.96. The molecule has 0 spiro atoms. The molecule has 0 aliphatic carbocycles. The highest BCUT2D eigenvalue weighted by Gasteiger charge is 2.28. The van der Waals surface area contributed by atoms with Gasteiger partial charge in [0.1, 0.15) is 5.75 Å². The number of urea groups is 1. The van der Waals surface area contributed by atoms with Crippen LogP contribution >= 0.6 is 0 Å². The van der Waals surface area contributed by atoms with E-state index >= 15 is 0 Å². The summed E-state index contributed by atoms with van der Waals surface area (Å²) >= 11 is 0. The van der Waals surface area contributed by atoms with Crippen molar-refractivity contribution in [2.45, 2.75) is 32.6 Å². The van der Waals surface area contributed by atoms with E-state index in [1.54, 1.807) is 26.0 Å². The molecule has 0 bridgehead atoms. The summed E-state index contributed by atoms with van der Waals surface area (Å²) in [5, 5.41) is 11.6. The molecular formula is C15H21F3N2O3. The number of carbonyl (C=O) groups is 1. The van der Waals surface area contributed by atoms with E-state index in [0.717, 1.165) is 5.56 Å². The van der Waals surface area contributed by atoms with Crippen LogP contribution < -0.4 is 10.1 Å². The first kappa shape index (κ1) is 19.1. The number of hydrogen-bond acceptors (Lipinski definition) is 3. The van der Waals surface area contributed by atoms with Crippen LogP contribution in [0.2, 0.25) is 0 Å². The summed E-state index contributed by atoms with van der Waals surface area (Å²) in [6.07, 6.45) is -4.43. The third kappa shape index (κ3) is 6.35. The summed E-state index contributed by atoms with van der Waals surface area (Å²) in [4.78, 5) is 13.2. The van der Waals surface area contributed by atoms with E-state index in [9.17, 15) is 18.0 Å². The first-order valence-corrected chi connectivity index (χ1v) is 7.04. The van der Waals surface area contributed by atoms with Gasteiger partial charge in [0.25, 0.3) is 0 Å². The first-order valence-electron chi connectivity index (χ1n) is 7.04. The average Bonchev–Trinajstić information content (AvgIpc) is 2.49. The smallest absolute Gasteiger partial charge is 0.422 e. The quantitative estimate of drug-likeness (QED) is 0.840. The molecule has 1 aromatic carbocycles. The fourth-order valence-electron chi connectivity index (χ4n) is 1.72. The van der Waals surface area contributed by atoms with Crippen molar-refractivity contribution in [1.82, 2.24) is 10.2 Å². The molecule has 130 valence electrons. The zero-order valence-electron chi connectivity index (χ0n) is 13.3. The van der Waals surface area contributed by atoms with Gasteiger partial charge in [-0.1, -0.05) is 12.1 Å². The van der Waals surface area contributed by atoms with E-state index in [0.29, 0.717) is 5.56 Å². The number of benzene rings is 1. The number of likely N-dealkylation sites (N-methyl/N-ethyl adjacent to an activating group) is 1. The number of rotatable bonds is 6. The fourth-order valence-corrected chi connectivity index (χ4v) is 1.72. The monoisotopic (exact) mass is 334 g/mol. The predicted molar refractivity (Wildman–Crippen MR) is 79.3 cm³/mol. The van der Waals surface area contributed by atoms with Crippen molar-refractivity contribution in [3.05, 3.63) is 29.3 Å². The molecule has 0 saturated heterocycles. The molecule has 23 heavy (non-hydrogen) atoms. The number of carbonyl (C=O) groups excluding carboxylic acids is 1. The number of nitrogens with one attached hydrogen (secondary N) is 1. The van der Waals surface area contributed by atoms with Crippen LogP contribution in [0.25, 0.3) is 0 Å². The highest BCUT2D eigenvalue weighted by atomic mass is 19.4. The Bertz CT molecular complexity index is 535. The lowest BCUT2D eigenvalue weighted by Crippen LogP contribution is -2.43. The maximum Gasteiger partial charge on any atom is 0.422 e. The molecule has 2 N–H and O–H groups in total. The highest BCUT2D eigenvalue weighted by molar-refractivity contribution is 5.74. The SMILES string of the molecule is Cc1ccc(CNC(=O)N(C)C(C)CO)c(OCC(F)(F)F)c1. The Morgan fingerprint density at radius 2 is 2.09 bits per heavy atom. The van der Waals surface area contributed by atoms with Gasteiger partial charge in [-0.2, -0.15) is 13.2 Å². The third-order valence-electron chi connectivity index (χ3n) is 3.29. The Morgan fingerprint density at radius 1 is 1.43 bits per heavy atom. The van der Waals surface area contributed by atoms with E-state index in [1.165, 1.54) is 18.0 Å². The van der Waals surface area contributed by atoms with Gasteiger partial charge in [0.05, 0.1) is 12.6 Å². The van der Waals surface area contributed by atoms with Crippen molar-refractivity contribution in [2.75, 3.05) is 20.3 Å². The van der Waals surface area contributed by atoms with Gasteiger partial charge in [0.15, 0.2) is 6.61 Å². The van der Waals surface area contributed by atoms with Crippen LogP contribution in [0.1, 0.15) is 18.1 Å². The molecule has 0 aliphatic heterocycles. The molecule has 1 rings (SSSR count). The normalized spacial score (nSPS) is 12.7. The summed E-state index contributed by atoms with van der Waals surface area (Å²) in [6, 6.07) is 4.02. The molecule has 1 atom stereocenters. The van der Waals surface area contributed by atoms with Crippen LogP contribution in [-0.4, -0.2) is 48.5 Å². The lowest BCUT2D eigenvalue weighted by molar-refractivity contribution is -0.153. The number of nitrogens with zero attached hydrogens (tertiary/aromatic N) is 1. The summed E-state index contributed by atoms with van der Waals surface area (Å²) in [6.45, 7) is 1.85. The van der Waals surface area contributed by atoms with E-state index in [1.807, 2.05) is 0 Å². The van der Waals surface area contributed by atoms with Gasteiger partial charge in [0, 0.05) is 19.2 Å². The van der Waals surface area contributed by atoms with E-state index < -0.39 is 18.8 Å². The van der Waals surface area contributed by atoms with Gasteiger partial charge < -0.3 is 20.1 Å². The summed E-state index contributed by atoms with van der Waals surface area (Å²) in [5.74, 6) is 0.0838. The maximum absolute atomic E-state index is 12.3. The van der Waals surface area contributed by atoms with Crippen molar-refractivity contribution in [1.29, 1.82) is 0 Å². The van der Waals surface area contributed by atoms with Gasteiger partial charge in [-0.25, -0.2) is 4.79 Å². The molecule has 0 aliphatic rings. The van der Waals surface area contributed by atoms with Gasteiger partial charge in [-0.15, -0.1) is 0 Å². The van der Waals surface area contributed by atoms with Crippen LogP contribution in [0.3, 0.4) is 0 Å². The molecular weight excluding hydrogens is 313 g/mol. The summed E-state index contributed by atoms with van der Waals surface area (Å²) in [5.41, 5.74) is 1.20. The fraction of sp³-hybridized carbons (Fsp3) is 0.533. The molecule has 8 heteroatoms. The number of halogens is 3. The van der Waals surface area contributed by atoms with Gasteiger partial charge in [0.2, 0.25) is 0 Å². The minimum absolute atomic E-state index is 0.0226. The van der Waals surface area contributed by atoms with Crippen molar-refractivity contribution in [3.63, 3.8) is 0 Å². The zero-order valence-corrected chi connectivity index (χ0v) is 13.3. The molecule has 2 amide bonds. The molecule has 0 radical (unpaired) electrons. The minimum atomic E-state index is -4.43. The van der Waals surface area contributed by atoms with Gasteiger partial charge in [-0.05, 0) is 25.5 Å². The van der Waals surface area contributed by atoms with Crippen LogP contribution in [0.4, 0.5) is 18.0 Å². The lowest BCUT2D eigenvalue weighted by atomic mass is 10.1. The summed E-state index contributed by atoms with van der Waals surface area (Å²) < 4.78 is 41.7. The number of ether oxygens (including phenoxy) is 1. The lowest BCUT2D eigenvalue weighted by Gasteiger charge is -2.23. The molecule has 0 fully saturated rings. The van der Waals surface area contributed by atoms with Crippen LogP contribution in [0.5, 0.6) is 5.75 Å². The average molecular weight is 334 g/mol. The molecule has 0 saturated carbocycles. The van der Waals surface area contributed by atoms with Crippen molar-refractivity contribution >= 4 is 6.03 Å². The predicted octanol–water partition coefficient (Wildman–Crippen LogP) is 2.46. The zero-order chi connectivity index (χ0) is 17.6. The number of amides is 2. The Labute approximate surface area is 133 Å².